The third-order valence-electron chi connectivity index (χ3n) is 2.59. The number of amides is 2. The topological polar surface area (TPSA) is 69.6 Å². The SMILES string of the molecule is CC(C)CN(CC(=O)O)C(=O)NCc1ccccc1Br. The Morgan fingerprint density at radius 1 is 1.35 bits per heavy atom. The van der Waals surface area contributed by atoms with Crippen LogP contribution in [0.2, 0.25) is 0 Å². The van der Waals surface area contributed by atoms with E-state index in [1.165, 1.54) is 4.90 Å². The van der Waals surface area contributed by atoms with Gasteiger partial charge >= 0.3 is 12.0 Å². The molecule has 0 spiro atoms. The van der Waals surface area contributed by atoms with Gasteiger partial charge in [0.2, 0.25) is 0 Å². The Labute approximate surface area is 127 Å². The Balaban J connectivity index is 2.62. The quantitative estimate of drug-likeness (QED) is 0.834. The summed E-state index contributed by atoms with van der Waals surface area (Å²) in [5, 5.41) is 11.6. The van der Waals surface area contributed by atoms with Crippen LogP contribution in [0.4, 0.5) is 4.79 Å². The summed E-state index contributed by atoms with van der Waals surface area (Å²) in [5.74, 6) is -0.801. The zero-order valence-electron chi connectivity index (χ0n) is 11.6. The van der Waals surface area contributed by atoms with Crippen LogP contribution in [0.1, 0.15) is 19.4 Å². The van der Waals surface area contributed by atoms with Crippen LogP contribution in [0.3, 0.4) is 0 Å². The minimum absolute atomic E-state index is 0.212. The van der Waals surface area contributed by atoms with Gasteiger partial charge < -0.3 is 15.3 Å². The van der Waals surface area contributed by atoms with Crippen LogP contribution >= 0.6 is 15.9 Å². The number of nitrogens with one attached hydrogen (secondary N) is 1. The van der Waals surface area contributed by atoms with Gasteiger partial charge in [-0.05, 0) is 17.5 Å². The van der Waals surface area contributed by atoms with Gasteiger partial charge in [-0.15, -0.1) is 0 Å². The van der Waals surface area contributed by atoms with E-state index in [9.17, 15) is 9.59 Å². The van der Waals surface area contributed by atoms with E-state index in [0.717, 1.165) is 10.0 Å². The second-order valence-corrected chi connectivity index (χ2v) is 5.77. The van der Waals surface area contributed by atoms with Gasteiger partial charge in [-0.1, -0.05) is 48.0 Å². The van der Waals surface area contributed by atoms with E-state index in [4.69, 9.17) is 5.11 Å². The molecule has 0 saturated carbocycles. The van der Waals surface area contributed by atoms with Crippen molar-refractivity contribution in [3.05, 3.63) is 34.3 Å². The van der Waals surface area contributed by atoms with Crippen molar-refractivity contribution < 1.29 is 14.7 Å². The Morgan fingerprint density at radius 3 is 2.55 bits per heavy atom. The number of urea groups is 1. The smallest absolute Gasteiger partial charge is 0.323 e. The maximum Gasteiger partial charge on any atom is 0.323 e. The number of carbonyl (C=O) groups excluding carboxylic acids is 1. The molecule has 0 bridgehead atoms. The van der Waals surface area contributed by atoms with Gasteiger partial charge in [0.25, 0.3) is 0 Å². The van der Waals surface area contributed by atoms with Gasteiger partial charge in [0.1, 0.15) is 6.54 Å². The fourth-order valence-electron chi connectivity index (χ4n) is 1.75. The van der Waals surface area contributed by atoms with E-state index in [1.54, 1.807) is 0 Å². The van der Waals surface area contributed by atoms with Gasteiger partial charge in [0, 0.05) is 17.6 Å². The molecule has 20 heavy (non-hydrogen) atoms. The molecular weight excluding hydrogens is 324 g/mol. The number of carbonyl (C=O) groups is 2. The third kappa shape index (κ3) is 5.61. The van der Waals surface area contributed by atoms with Crippen molar-refractivity contribution in [2.75, 3.05) is 13.1 Å². The molecule has 5 nitrogen and oxygen atoms in total. The van der Waals surface area contributed by atoms with Gasteiger partial charge in [-0.3, -0.25) is 4.79 Å². The van der Waals surface area contributed by atoms with E-state index >= 15 is 0 Å². The maximum atomic E-state index is 12.0. The summed E-state index contributed by atoms with van der Waals surface area (Å²) in [5.41, 5.74) is 0.945. The monoisotopic (exact) mass is 342 g/mol. The molecule has 1 aromatic rings. The summed E-state index contributed by atoms with van der Waals surface area (Å²) in [7, 11) is 0. The van der Waals surface area contributed by atoms with Crippen molar-refractivity contribution in [1.29, 1.82) is 0 Å². The molecule has 0 fully saturated rings. The molecule has 2 N–H and O–H groups in total. The fourth-order valence-corrected chi connectivity index (χ4v) is 2.17. The van der Waals surface area contributed by atoms with Crippen molar-refractivity contribution in [1.82, 2.24) is 10.2 Å². The third-order valence-corrected chi connectivity index (χ3v) is 3.36. The number of hydrogen-bond donors (Lipinski definition) is 2. The van der Waals surface area contributed by atoms with Gasteiger partial charge in [0.15, 0.2) is 0 Å². The van der Waals surface area contributed by atoms with E-state index in [-0.39, 0.29) is 18.5 Å². The van der Waals surface area contributed by atoms with Crippen LogP contribution in [0.25, 0.3) is 0 Å². The number of benzene rings is 1. The Kier molecular flexibility index (Phi) is 6.51. The summed E-state index contributed by atoms with van der Waals surface area (Å²) >= 11 is 3.41. The number of hydrogen-bond acceptors (Lipinski definition) is 2. The maximum absolute atomic E-state index is 12.0. The number of carboxylic acids is 1. The summed E-state index contributed by atoms with van der Waals surface area (Å²) in [4.78, 5) is 24.1. The molecule has 1 aromatic carbocycles. The molecular formula is C14H19BrN2O3. The highest BCUT2D eigenvalue weighted by Gasteiger charge is 2.17. The first kappa shape index (κ1) is 16.5. The number of carboxylic acid groups (broad SMARTS) is 1. The number of halogens is 1. The van der Waals surface area contributed by atoms with E-state index in [1.807, 2.05) is 38.1 Å². The van der Waals surface area contributed by atoms with Crippen molar-refractivity contribution in [2.24, 2.45) is 5.92 Å². The molecule has 1 rings (SSSR count). The summed E-state index contributed by atoms with van der Waals surface area (Å²) < 4.78 is 0.911. The van der Waals surface area contributed by atoms with Gasteiger partial charge in [-0.25, -0.2) is 4.79 Å². The average molecular weight is 343 g/mol. The lowest BCUT2D eigenvalue weighted by molar-refractivity contribution is -0.137. The minimum atomic E-state index is -1.01. The molecule has 0 aliphatic rings. The molecule has 0 aliphatic heterocycles. The van der Waals surface area contributed by atoms with E-state index in [2.05, 4.69) is 21.2 Å². The van der Waals surface area contributed by atoms with Gasteiger partial charge in [-0.2, -0.15) is 0 Å². The van der Waals surface area contributed by atoms with Crippen molar-refractivity contribution in [3.63, 3.8) is 0 Å². The lowest BCUT2D eigenvalue weighted by Crippen LogP contribution is -2.44. The first-order valence-corrected chi connectivity index (χ1v) is 7.17. The predicted molar refractivity (Wildman–Crippen MR) is 80.4 cm³/mol. The zero-order valence-corrected chi connectivity index (χ0v) is 13.2. The fraction of sp³-hybridized carbons (Fsp3) is 0.429. The molecule has 0 atom stereocenters. The van der Waals surface area contributed by atoms with Crippen molar-refractivity contribution in [2.45, 2.75) is 20.4 Å². The van der Waals surface area contributed by atoms with E-state index in [0.29, 0.717) is 13.1 Å². The predicted octanol–water partition coefficient (Wildman–Crippen LogP) is 2.70. The van der Waals surface area contributed by atoms with Crippen LogP contribution in [0, 0.1) is 5.92 Å². The van der Waals surface area contributed by atoms with Crippen LogP contribution in [-0.2, 0) is 11.3 Å². The number of nitrogens with zero attached hydrogens (tertiary/aromatic N) is 1. The van der Waals surface area contributed by atoms with Crippen molar-refractivity contribution in [3.8, 4) is 0 Å². The molecule has 0 radical (unpaired) electrons. The Bertz CT molecular complexity index is 477. The first-order chi connectivity index (χ1) is 9.40. The molecule has 0 unspecified atom stereocenters. The lowest BCUT2D eigenvalue weighted by Gasteiger charge is -2.23. The lowest BCUT2D eigenvalue weighted by atomic mass is 10.2. The average Bonchev–Trinajstić information content (AvgIpc) is 2.35. The molecule has 0 heterocycles. The molecule has 2 amide bonds. The summed E-state index contributed by atoms with van der Waals surface area (Å²) in [6.07, 6.45) is 0. The van der Waals surface area contributed by atoms with Crippen LogP contribution in [0.5, 0.6) is 0 Å². The first-order valence-electron chi connectivity index (χ1n) is 6.38. The van der Waals surface area contributed by atoms with Crippen molar-refractivity contribution >= 4 is 27.9 Å². The molecule has 110 valence electrons. The second-order valence-electron chi connectivity index (χ2n) is 4.92. The highest BCUT2D eigenvalue weighted by Crippen LogP contribution is 2.15. The molecule has 0 saturated heterocycles. The van der Waals surface area contributed by atoms with Crippen LogP contribution in [0.15, 0.2) is 28.7 Å². The summed E-state index contributed by atoms with van der Waals surface area (Å²) in [6.45, 7) is 4.36. The Hall–Kier alpha value is -1.56. The molecule has 6 heteroatoms. The van der Waals surface area contributed by atoms with Gasteiger partial charge in [0.05, 0.1) is 0 Å². The largest absolute Gasteiger partial charge is 0.480 e. The second kappa shape index (κ2) is 7.89. The summed E-state index contributed by atoms with van der Waals surface area (Å²) in [6, 6.07) is 7.20. The standard InChI is InChI=1S/C14H19BrN2O3/c1-10(2)8-17(9-13(18)19)14(20)16-7-11-5-3-4-6-12(11)15/h3-6,10H,7-9H2,1-2H3,(H,16,20)(H,18,19). The molecule has 0 aromatic heterocycles. The highest BCUT2D eigenvalue weighted by molar-refractivity contribution is 9.10. The van der Waals surface area contributed by atoms with E-state index < -0.39 is 5.97 Å². The minimum Gasteiger partial charge on any atom is -0.480 e. The number of rotatable bonds is 6. The number of aliphatic carboxylic acids is 1. The molecule has 0 aliphatic carbocycles. The Morgan fingerprint density at radius 2 is 2.00 bits per heavy atom. The van der Waals surface area contributed by atoms with Crippen LogP contribution in [-0.4, -0.2) is 35.1 Å². The highest BCUT2D eigenvalue weighted by atomic mass is 79.9. The van der Waals surface area contributed by atoms with Crippen LogP contribution < -0.4 is 5.32 Å². The normalized spacial score (nSPS) is 10.4. The zero-order chi connectivity index (χ0) is 15.1.